The fraction of sp³-hybridized carbons (Fsp3) is 0.250. The van der Waals surface area contributed by atoms with Gasteiger partial charge in [0.25, 0.3) is 0 Å². The zero-order chi connectivity index (χ0) is 14.8. The van der Waals surface area contributed by atoms with Crippen LogP contribution in [0.15, 0.2) is 23.1 Å². The highest BCUT2D eigenvalue weighted by Gasteiger charge is 2.27. The molecule has 5 nitrogen and oxygen atoms in total. The maximum Gasteiger partial charge on any atom is 0.335 e. The maximum atomic E-state index is 13.5. The number of halogens is 1. The smallest absolute Gasteiger partial charge is 0.335 e. The molecule has 2 N–H and O–H groups in total. The number of carbonyl (C=O) groups is 1. The van der Waals surface area contributed by atoms with Gasteiger partial charge in [0.05, 0.1) is 11.1 Å². The van der Waals surface area contributed by atoms with Crippen LogP contribution in [0.5, 0.6) is 0 Å². The average Bonchev–Trinajstić information content (AvgIpc) is 2.27. The third-order valence-corrected chi connectivity index (χ3v) is 3.89. The maximum absolute atomic E-state index is 13.5. The van der Waals surface area contributed by atoms with Crippen molar-refractivity contribution in [1.82, 2.24) is 4.72 Å². The first kappa shape index (κ1) is 15.1. The molecule has 0 saturated heterocycles. The number of nitrogens with one attached hydrogen (secondary N) is 1. The highest BCUT2D eigenvalue weighted by atomic mass is 32.2. The predicted molar refractivity (Wildman–Crippen MR) is 66.6 cm³/mol. The van der Waals surface area contributed by atoms with E-state index in [1.54, 1.807) is 0 Å². The Kier molecular flexibility index (Phi) is 3.98. The van der Waals surface area contributed by atoms with Gasteiger partial charge in [0.1, 0.15) is 10.7 Å². The van der Waals surface area contributed by atoms with Crippen molar-refractivity contribution in [3.05, 3.63) is 29.6 Å². The van der Waals surface area contributed by atoms with Crippen LogP contribution in [0, 0.1) is 18.2 Å². The van der Waals surface area contributed by atoms with Crippen molar-refractivity contribution in [3.63, 3.8) is 0 Å². The van der Waals surface area contributed by atoms with Gasteiger partial charge in [-0.3, -0.25) is 0 Å². The molecular weight excluding hydrogens is 273 g/mol. The Morgan fingerprint density at radius 2 is 2.05 bits per heavy atom. The van der Waals surface area contributed by atoms with Crippen LogP contribution < -0.4 is 4.72 Å². The number of carboxylic acid groups (broad SMARTS) is 1. The van der Waals surface area contributed by atoms with Gasteiger partial charge >= 0.3 is 5.97 Å². The minimum atomic E-state index is -4.25. The van der Waals surface area contributed by atoms with Crippen molar-refractivity contribution in [3.8, 4) is 12.3 Å². The Hall–Kier alpha value is -1.91. The summed E-state index contributed by atoms with van der Waals surface area (Å²) in [6.45, 7) is 2.84. The third kappa shape index (κ3) is 3.53. The van der Waals surface area contributed by atoms with Gasteiger partial charge < -0.3 is 5.11 Å². The molecular formula is C12H12FNO4S. The van der Waals surface area contributed by atoms with Crippen LogP contribution in [0.4, 0.5) is 4.39 Å². The molecule has 19 heavy (non-hydrogen) atoms. The first-order chi connectivity index (χ1) is 8.59. The van der Waals surface area contributed by atoms with Crippen LogP contribution in [0.25, 0.3) is 0 Å². The molecule has 102 valence electrons. The lowest BCUT2D eigenvalue weighted by Crippen LogP contribution is -2.42. The number of terminal acetylenes is 1. The zero-order valence-corrected chi connectivity index (χ0v) is 11.1. The lowest BCUT2D eigenvalue weighted by atomic mass is 10.1. The number of sulfonamides is 1. The largest absolute Gasteiger partial charge is 0.478 e. The van der Waals surface area contributed by atoms with E-state index in [0.29, 0.717) is 0 Å². The zero-order valence-electron chi connectivity index (χ0n) is 10.3. The van der Waals surface area contributed by atoms with Crippen LogP contribution in [0.2, 0.25) is 0 Å². The molecule has 0 aliphatic heterocycles. The molecule has 0 saturated carbocycles. The lowest BCUT2D eigenvalue weighted by Gasteiger charge is -2.19. The molecule has 0 aliphatic rings. The summed E-state index contributed by atoms with van der Waals surface area (Å²) >= 11 is 0. The summed E-state index contributed by atoms with van der Waals surface area (Å²) in [7, 11) is -4.25. The first-order valence-corrected chi connectivity index (χ1v) is 6.62. The Morgan fingerprint density at radius 1 is 1.47 bits per heavy atom. The molecule has 0 amide bonds. The highest BCUT2D eigenvalue weighted by Crippen LogP contribution is 2.18. The van der Waals surface area contributed by atoms with Gasteiger partial charge in [-0.1, -0.05) is 5.92 Å². The molecule has 1 aromatic carbocycles. The molecule has 0 heterocycles. The van der Waals surface area contributed by atoms with Gasteiger partial charge in [0.15, 0.2) is 0 Å². The molecule has 0 unspecified atom stereocenters. The minimum absolute atomic E-state index is 0.333. The van der Waals surface area contributed by atoms with Crippen molar-refractivity contribution in [1.29, 1.82) is 0 Å². The van der Waals surface area contributed by atoms with Crippen LogP contribution in [0.3, 0.4) is 0 Å². The summed E-state index contributed by atoms with van der Waals surface area (Å²) in [5, 5.41) is 8.77. The van der Waals surface area contributed by atoms with E-state index in [1.807, 2.05) is 0 Å². The van der Waals surface area contributed by atoms with E-state index in [-0.39, 0.29) is 5.56 Å². The van der Waals surface area contributed by atoms with E-state index >= 15 is 0 Å². The highest BCUT2D eigenvalue weighted by molar-refractivity contribution is 7.89. The van der Waals surface area contributed by atoms with Crippen LogP contribution in [-0.2, 0) is 10.0 Å². The molecule has 0 aromatic heterocycles. The second-order valence-electron chi connectivity index (χ2n) is 4.33. The fourth-order valence-corrected chi connectivity index (χ4v) is 2.71. The van der Waals surface area contributed by atoms with Gasteiger partial charge in [-0.2, -0.15) is 4.72 Å². The second-order valence-corrected chi connectivity index (χ2v) is 5.98. The molecule has 0 atom stereocenters. The predicted octanol–water partition coefficient (Wildman–Crippen LogP) is 1.21. The molecule has 1 rings (SSSR count). The van der Waals surface area contributed by atoms with Crippen molar-refractivity contribution in [2.75, 3.05) is 0 Å². The van der Waals surface area contributed by atoms with Gasteiger partial charge in [-0.05, 0) is 32.0 Å². The fourth-order valence-electron chi connectivity index (χ4n) is 1.26. The quantitative estimate of drug-likeness (QED) is 0.815. The minimum Gasteiger partial charge on any atom is -0.478 e. The normalized spacial score (nSPS) is 11.9. The molecule has 0 spiro atoms. The monoisotopic (exact) mass is 285 g/mol. The van der Waals surface area contributed by atoms with Gasteiger partial charge in [0, 0.05) is 0 Å². The summed E-state index contributed by atoms with van der Waals surface area (Å²) in [6, 6.07) is 2.50. The van der Waals surface area contributed by atoms with Crippen molar-refractivity contribution in [2.45, 2.75) is 24.3 Å². The van der Waals surface area contributed by atoms with Gasteiger partial charge in [-0.25, -0.2) is 17.6 Å². The van der Waals surface area contributed by atoms with Crippen LogP contribution in [0.1, 0.15) is 24.2 Å². The van der Waals surface area contributed by atoms with E-state index in [1.165, 1.54) is 13.8 Å². The SMILES string of the molecule is C#CC(C)(C)NS(=O)(=O)c1cc(C(=O)O)ccc1F. The Balaban J connectivity index is 3.33. The van der Waals surface area contributed by atoms with E-state index in [0.717, 1.165) is 18.2 Å². The summed E-state index contributed by atoms with van der Waals surface area (Å²) < 4.78 is 39.6. The van der Waals surface area contributed by atoms with E-state index in [2.05, 4.69) is 10.6 Å². The molecule has 0 bridgehead atoms. The van der Waals surface area contributed by atoms with Crippen molar-refractivity contribution >= 4 is 16.0 Å². The summed E-state index contributed by atoms with van der Waals surface area (Å²) in [5.41, 5.74) is -1.55. The topological polar surface area (TPSA) is 83.5 Å². The Labute approximate surface area is 110 Å². The van der Waals surface area contributed by atoms with E-state index in [9.17, 15) is 17.6 Å². The molecule has 0 radical (unpaired) electrons. The number of benzene rings is 1. The third-order valence-electron chi connectivity index (χ3n) is 2.22. The molecule has 7 heteroatoms. The van der Waals surface area contributed by atoms with Gasteiger partial charge in [0.2, 0.25) is 10.0 Å². The number of hydrogen-bond acceptors (Lipinski definition) is 3. The number of hydrogen-bond donors (Lipinski definition) is 2. The second kappa shape index (κ2) is 4.99. The summed E-state index contributed by atoms with van der Waals surface area (Å²) in [5.74, 6) is -0.210. The van der Waals surface area contributed by atoms with Gasteiger partial charge in [-0.15, -0.1) is 6.42 Å². The number of rotatable bonds is 4. The average molecular weight is 285 g/mol. The van der Waals surface area contributed by atoms with E-state index in [4.69, 9.17) is 11.5 Å². The summed E-state index contributed by atoms with van der Waals surface area (Å²) in [6.07, 6.45) is 5.14. The Morgan fingerprint density at radius 3 is 2.53 bits per heavy atom. The Bertz CT molecular complexity index is 659. The van der Waals surface area contributed by atoms with Crippen LogP contribution >= 0.6 is 0 Å². The standard InChI is InChI=1S/C12H12FNO4S/c1-4-12(2,3)14-19(17,18)10-7-8(11(15)16)5-6-9(10)13/h1,5-7,14H,2-3H3,(H,15,16). The molecule has 0 aliphatic carbocycles. The molecule has 1 aromatic rings. The molecule has 0 fully saturated rings. The number of aromatic carboxylic acids is 1. The lowest BCUT2D eigenvalue weighted by molar-refractivity contribution is 0.0696. The summed E-state index contributed by atoms with van der Waals surface area (Å²) in [4.78, 5) is 10.0. The van der Waals surface area contributed by atoms with Crippen molar-refractivity contribution in [2.24, 2.45) is 0 Å². The first-order valence-electron chi connectivity index (χ1n) is 5.14. The van der Waals surface area contributed by atoms with Crippen molar-refractivity contribution < 1.29 is 22.7 Å². The van der Waals surface area contributed by atoms with Crippen LogP contribution in [-0.4, -0.2) is 25.0 Å². The number of carboxylic acids is 1. The van der Waals surface area contributed by atoms with E-state index < -0.39 is 32.2 Å².